The van der Waals surface area contributed by atoms with E-state index in [0.717, 1.165) is 24.5 Å². The summed E-state index contributed by atoms with van der Waals surface area (Å²) in [5.74, 6) is 0. The highest BCUT2D eigenvalue weighted by molar-refractivity contribution is 5.85. The number of hydrogen-bond acceptors (Lipinski definition) is 3. The molecule has 1 aromatic carbocycles. The van der Waals surface area contributed by atoms with Crippen LogP contribution in [0.5, 0.6) is 0 Å². The normalized spacial score (nSPS) is 14.8. The van der Waals surface area contributed by atoms with Gasteiger partial charge in [-0.2, -0.15) is 0 Å². The van der Waals surface area contributed by atoms with E-state index < -0.39 is 0 Å². The summed E-state index contributed by atoms with van der Waals surface area (Å²) in [6.07, 6.45) is 2.73. The second-order valence-electron chi connectivity index (χ2n) is 4.10. The van der Waals surface area contributed by atoms with Crippen molar-refractivity contribution in [3.05, 3.63) is 24.3 Å². The number of halogens is 2. The van der Waals surface area contributed by atoms with Crippen molar-refractivity contribution in [2.24, 2.45) is 0 Å². The molecule has 1 aliphatic heterocycles. The standard InChI is InChI=1S/C12H19N3.2ClH/c13-11-3-5-12(6-4-11)14-7-10-15-8-1-2-9-15;;/h3-6,14H,1-2,7-10,13H2;2*1H. The van der Waals surface area contributed by atoms with Crippen LogP contribution in [-0.2, 0) is 0 Å². The van der Waals surface area contributed by atoms with Crippen LogP contribution in [0.4, 0.5) is 11.4 Å². The molecular formula is C12H21Cl2N3. The van der Waals surface area contributed by atoms with Crippen molar-refractivity contribution in [2.75, 3.05) is 37.2 Å². The van der Waals surface area contributed by atoms with Gasteiger partial charge in [0.05, 0.1) is 0 Å². The molecule has 0 saturated carbocycles. The van der Waals surface area contributed by atoms with Gasteiger partial charge in [-0.3, -0.25) is 0 Å². The first-order valence-corrected chi connectivity index (χ1v) is 5.66. The van der Waals surface area contributed by atoms with Gasteiger partial charge in [0, 0.05) is 24.5 Å². The van der Waals surface area contributed by atoms with E-state index in [1.165, 1.54) is 25.9 Å². The SMILES string of the molecule is Cl.Cl.Nc1ccc(NCCN2CCCC2)cc1. The lowest BCUT2D eigenvalue weighted by atomic mass is 10.3. The monoisotopic (exact) mass is 277 g/mol. The van der Waals surface area contributed by atoms with Gasteiger partial charge in [0.25, 0.3) is 0 Å². The van der Waals surface area contributed by atoms with E-state index in [4.69, 9.17) is 5.73 Å². The van der Waals surface area contributed by atoms with E-state index in [1.807, 2.05) is 24.3 Å². The summed E-state index contributed by atoms with van der Waals surface area (Å²) >= 11 is 0. The molecule has 3 nitrogen and oxygen atoms in total. The Bertz CT molecular complexity index is 297. The highest BCUT2D eigenvalue weighted by atomic mass is 35.5. The summed E-state index contributed by atoms with van der Waals surface area (Å²) in [7, 11) is 0. The summed E-state index contributed by atoms with van der Waals surface area (Å²) in [4.78, 5) is 2.50. The van der Waals surface area contributed by atoms with Crippen LogP contribution in [0.15, 0.2) is 24.3 Å². The second kappa shape index (κ2) is 8.45. The maximum atomic E-state index is 5.62. The highest BCUT2D eigenvalue weighted by Crippen LogP contribution is 2.10. The van der Waals surface area contributed by atoms with Gasteiger partial charge in [-0.05, 0) is 50.2 Å². The van der Waals surface area contributed by atoms with Crippen LogP contribution in [0.3, 0.4) is 0 Å². The van der Waals surface area contributed by atoms with E-state index in [1.54, 1.807) is 0 Å². The zero-order valence-electron chi connectivity index (χ0n) is 9.89. The maximum Gasteiger partial charge on any atom is 0.0342 e. The molecule has 1 aromatic rings. The Balaban J connectivity index is 0.00000128. The number of nitrogens with two attached hydrogens (primary N) is 1. The van der Waals surface area contributed by atoms with Gasteiger partial charge in [0.2, 0.25) is 0 Å². The molecule has 0 unspecified atom stereocenters. The first-order chi connectivity index (χ1) is 7.34. The Hall–Kier alpha value is -0.640. The molecule has 5 heteroatoms. The van der Waals surface area contributed by atoms with Crippen LogP contribution < -0.4 is 11.1 Å². The fourth-order valence-electron chi connectivity index (χ4n) is 1.97. The molecule has 3 N–H and O–H groups in total. The lowest BCUT2D eigenvalue weighted by Gasteiger charge is -2.15. The van der Waals surface area contributed by atoms with Gasteiger partial charge in [0.15, 0.2) is 0 Å². The molecule has 0 amide bonds. The van der Waals surface area contributed by atoms with Crippen molar-refractivity contribution >= 4 is 36.2 Å². The number of benzene rings is 1. The van der Waals surface area contributed by atoms with Crippen molar-refractivity contribution in [2.45, 2.75) is 12.8 Å². The number of hydrogen-bond donors (Lipinski definition) is 2. The number of rotatable bonds is 4. The summed E-state index contributed by atoms with van der Waals surface area (Å²) in [6.45, 7) is 4.70. The molecule has 1 saturated heterocycles. The summed E-state index contributed by atoms with van der Waals surface area (Å²) in [5.41, 5.74) is 7.59. The molecule has 2 rings (SSSR count). The zero-order valence-corrected chi connectivity index (χ0v) is 11.5. The predicted octanol–water partition coefficient (Wildman–Crippen LogP) is 2.62. The van der Waals surface area contributed by atoms with Crippen LogP contribution in [0.25, 0.3) is 0 Å². The first-order valence-electron chi connectivity index (χ1n) is 5.66. The molecule has 1 aliphatic rings. The largest absolute Gasteiger partial charge is 0.399 e. The van der Waals surface area contributed by atoms with Crippen LogP contribution in [-0.4, -0.2) is 31.1 Å². The van der Waals surface area contributed by atoms with Crippen molar-refractivity contribution in [1.29, 1.82) is 0 Å². The third kappa shape index (κ3) is 5.48. The minimum atomic E-state index is 0. The fourth-order valence-corrected chi connectivity index (χ4v) is 1.97. The van der Waals surface area contributed by atoms with Crippen molar-refractivity contribution in [3.8, 4) is 0 Å². The Labute approximate surface area is 116 Å². The third-order valence-corrected chi connectivity index (χ3v) is 2.87. The quantitative estimate of drug-likeness (QED) is 0.832. The van der Waals surface area contributed by atoms with Gasteiger partial charge in [-0.15, -0.1) is 24.8 Å². The number of nitrogens with one attached hydrogen (secondary N) is 1. The molecule has 0 aromatic heterocycles. The van der Waals surface area contributed by atoms with Gasteiger partial charge < -0.3 is 16.0 Å². The first kappa shape index (κ1) is 16.4. The van der Waals surface area contributed by atoms with Gasteiger partial charge in [0.1, 0.15) is 0 Å². The molecule has 0 aliphatic carbocycles. The zero-order chi connectivity index (χ0) is 10.5. The highest BCUT2D eigenvalue weighted by Gasteiger charge is 2.09. The molecule has 0 atom stereocenters. The van der Waals surface area contributed by atoms with E-state index >= 15 is 0 Å². The second-order valence-corrected chi connectivity index (χ2v) is 4.10. The van der Waals surface area contributed by atoms with E-state index in [-0.39, 0.29) is 24.8 Å². The molecule has 1 fully saturated rings. The summed E-state index contributed by atoms with van der Waals surface area (Å²) < 4.78 is 0. The van der Waals surface area contributed by atoms with E-state index in [2.05, 4.69) is 10.2 Å². The number of anilines is 2. The van der Waals surface area contributed by atoms with Crippen LogP contribution >= 0.6 is 24.8 Å². The Kier molecular flexibility index (Phi) is 8.13. The van der Waals surface area contributed by atoms with Gasteiger partial charge >= 0.3 is 0 Å². The lowest BCUT2D eigenvalue weighted by Crippen LogP contribution is -2.25. The smallest absolute Gasteiger partial charge is 0.0342 e. The predicted molar refractivity (Wildman–Crippen MR) is 79.5 cm³/mol. The van der Waals surface area contributed by atoms with Crippen LogP contribution in [0.2, 0.25) is 0 Å². The van der Waals surface area contributed by atoms with Crippen LogP contribution in [0, 0.1) is 0 Å². The minimum Gasteiger partial charge on any atom is -0.399 e. The molecule has 0 radical (unpaired) electrons. The van der Waals surface area contributed by atoms with Crippen molar-refractivity contribution < 1.29 is 0 Å². The number of nitrogens with zero attached hydrogens (tertiary/aromatic N) is 1. The Morgan fingerprint density at radius 1 is 1.06 bits per heavy atom. The number of likely N-dealkylation sites (tertiary alicyclic amines) is 1. The molecule has 0 spiro atoms. The van der Waals surface area contributed by atoms with Crippen molar-refractivity contribution in [1.82, 2.24) is 4.90 Å². The van der Waals surface area contributed by atoms with Gasteiger partial charge in [-0.1, -0.05) is 0 Å². The number of nitrogen functional groups attached to an aromatic ring is 1. The summed E-state index contributed by atoms with van der Waals surface area (Å²) in [5, 5.41) is 3.40. The Morgan fingerprint density at radius 2 is 1.65 bits per heavy atom. The topological polar surface area (TPSA) is 41.3 Å². The van der Waals surface area contributed by atoms with E-state index in [0.29, 0.717) is 0 Å². The van der Waals surface area contributed by atoms with E-state index in [9.17, 15) is 0 Å². The van der Waals surface area contributed by atoms with Crippen LogP contribution in [0.1, 0.15) is 12.8 Å². The molecule has 98 valence electrons. The molecule has 0 bridgehead atoms. The van der Waals surface area contributed by atoms with Crippen molar-refractivity contribution in [3.63, 3.8) is 0 Å². The third-order valence-electron chi connectivity index (χ3n) is 2.87. The molecular weight excluding hydrogens is 257 g/mol. The average Bonchev–Trinajstić information content (AvgIpc) is 2.74. The molecule has 1 heterocycles. The average molecular weight is 278 g/mol. The molecule has 17 heavy (non-hydrogen) atoms. The van der Waals surface area contributed by atoms with Gasteiger partial charge in [-0.25, -0.2) is 0 Å². The summed E-state index contributed by atoms with van der Waals surface area (Å²) in [6, 6.07) is 7.91. The fraction of sp³-hybridized carbons (Fsp3) is 0.500. The Morgan fingerprint density at radius 3 is 2.24 bits per heavy atom. The maximum absolute atomic E-state index is 5.62. The lowest BCUT2D eigenvalue weighted by molar-refractivity contribution is 0.352. The minimum absolute atomic E-state index is 0.